The van der Waals surface area contributed by atoms with E-state index in [4.69, 9.17) is 0 Å². The number of amides is 1. The minimum Gasteiger partial charge on any atom is -0.469 e. The summed E-state index contributed by atoms with van der Waals surface area (Å²) in [6.07, 6.45) is 2.81. The normalized spacial score (nSPS) is 10.6. The van der Waals surface area contributed by atoms with Crippen molar-refractivity contribution in [2.75, 3.05) is 13.7 Å². The highest BCUT2D eigenvalue weighted by molar-refractivity contribution is 5.95. The summed E-state index contributed by atoms with van der Waals surface area (Å²) in [6.45, 7) is 4.35. The molecule has 0 unspecified atom stereocenters. The fraction of sp³-hybridized carbons (Fsp3) is 0.400. The SMILES string of the molecule is COC(=O)CCCCCNC(=O)c1cc(C)n(-c2ccc(F)cc2)c1C. The van der Waals surface area contributed by atoms with Gasteiger partial charge in [0.2, 0.25) is 0 Å². The number of halogens is 1. The van der Waals surface area contributed by atoms with Crippen LogP contribution in [-0.4, -0.2) is 30.1 Å². The molecule has 2 aromatic rings. The van der Waals surface area contributed by atoms with Gasteiger partial charge in [0.1, 0.15) is 5.82 Å². The Bertz CT molecular complexity index is 766. The highest BCUT2D eigenvalue weighted by Crippen LogP contribution is 2.21. The van der Waals surface area contributed by atoms with E-state index in [0.717, 1.165) is 36.3 Å². The molecule has 0 aliphatic carbocycles. The highest BCUT2D eigenvalue weighted by atomic mass is 19.1. The van der Waals surface area contributed by atoms with E-state index in [0.29, 0.717) is 18.5 Å². The van der Waals surface area contributed by atoms with Crippen molar-refractivity contribution < 1.29 is 18.7 Å². The number of aromatic nitrogens is 1. The number of hydrogen-bond donors (Lipinski definition) is 1. The first-order chi connectivity index (χ1) is 12.4. The van der Waals surface area contributed by atoms with Crippen molar-refractivity contribution in [1.82, 2.24) is 9.88 Å². The molecule has 0 saturated heterocycles. The van der Waals surface area contributed by atoms with Crippen molar-refractivity contribution in [1.29, 1.82) is 0 Å². The summed E-state index contributed by atoms with van der Waals surface area (Å²) < 4.78 is 19.7. The van der Waals surface area contributed by atoms with Gasteiger partial charge in [-0.2, -0.15) is 0 Å². The standard InChI is InChI=1S/C20H25FN2O3/c1-14-13-18(15(2)23(14)17-10-8-16(21)9-11-17)20(25)22-12-6-4-5-7-19(24)26-3/h8-11,13H,4-7,12H2,1-3H3,(H,22,25). The Kier molecular flexibility index (Phi) is 6.95. The topological polar surface area (TPSA) is 60.3 Å². The number of nitrogens with one attached hydrogen (secondary N) is 1. The van der Waals surface area contributed by atoms with Gasteiger partial charge in [-0.3, -0.25) is 9.59 Å². The largest absolute Gasteiger partial charge is 0.469 e. The number of carbonyl (C=O) groups excluding carboxylic acids is 2. The third-order valence-electron chi connectivity index (χ3n) is 4.33. The summed E-state index contributed by atoms with van der Waals surface area (Å²) in [5.74, 6) is -0.622. The predicted octanol–water partition coefficient (Wildman–Crippen LogP) is 3.70. The first kappa shape index (κ1) is 19.7. The first-order valence-electron chi connectivity index (χ1n) is 8.74. The molecule has 0 atom stereocenters. The van der Waals surface area contributed by atoms with E-state index < -0.39 is 0 Å². The summed E-state index contributed by atoms with van der Waals surface area (Å²) in [5, 5.41) is 2.91. The quantitative estimate of drug-likeness (QED) is 0.577. The Balaban J connectivity index is 1.92. The average Bonchev–Trinajstić information content (AvgIpc) is 2.93. The lowest BCUT2D eigenvalue weighted by Gasteiger charge is -2.10. The number of carbonyl (C=O) groups is 2. The lowest BCUT2D eigenvalue weighted by Crippen LogP contribution is -2.25. The number of rotatable bonds is 8. The highest BCUT2D eigenvalue weighted by Gasteiger charge is 2.16. The van der Waals surface area contributed by atoms with Gasteiger partial charge >= 0.3 is 5.97 Å². The van der Waals surface area contributed by atoms with E-state index in [1.807, 2.05) is 24.5 Å². The van der Waals surface area contributed by atoms with Crippen LogP contribution in [-0.2, 0) is 9.53 Å². The molecule has 1 N–H and O–H groups in total. The summed E-state index contributed by atoms with van der Waals surface area (Å²) in [5.41, 5.74) is 3.17. The van der Waals surface area contributed by atoms with Crippen LogP contribution in [0.5, 0.6) is 0 Å². The molecule has 0 fully saturated rings. The van der Waals surface area contributed by atoms with E-state index in [2.05, 4.69) is 10.1 Å². The molecule has 6 heteroatoms. The van der Waals surface area contributed by atoms with Crippen LogP contribution in [0.25, 0.3) is 5.69 Å². The van der Waals surface area contributed by atoms with Crippen molar-refractivity contribution in [3.8, 4) is 5.69 Å². The van der Waals surface area contributed by atoms with Crippen LogP contribution in [0.2, 0.25) is 0 Å². The molecular formula is C20H25FN2O3. The second kappa shape index (κ2) is 9.17. The maximum Gasteiger partial charge on any atom is 0.305 e. The lowest BCUT2D eigenvalue weighted by atomic mass is 10.2. The lowest BCUT2D eigenvalue weighted by molar-refractivity contribution is -0.140. The minimum atomic E-state index is -0.290. The number of esters is 1. The Labute approximate surface area is 153 Å². The molecule has 1 aromatic heterocycles. The fourth-order valence-electron chi connectivity index (χ4n) is 2.95. The number of ether oxygens (including phenoxy) is 1. The molecular weight excluding hydrogens is 335 g/mol. The zero-order valence-corrected chi connectivity index (χ0v) is 15.5. The molecule has 140 valence electrons. The predicted molar refractivity (Wildman–Crippen MR) is 98.0 cm³/mol. The Morgan fingerprint density at radius 2 is 1.81 bits per heavy atom. The van der Waals surface area contributed by atoms with Gasteiger partial charge in [-0.15, -0.1) is 0 Å². The summed E-state index contributed by atoms with van der Waals surface area (Å²) in [4.78, 5) is 23.5. The third kappa shape index (κ3) is 4.94. The molecule has 0 spiro atoms. The third-order valence-corrected chi connectivity index (χ3v) is 4.33. The Hall–Kier alpha value is -2.63. The van der Waals surface area contributed by atoms with Gasteiger partial charge in [0.25, 0.3) is 5.91 Å². The molecule has 1 aromatic carbocycles. The fourth-order valence-corrected chi connectivity index (χ4v) is 2.95. The minimum absolute atomic E-state index is 0.126. The van der Waals surface area contributed by atoms with Crippen LogP contribution in [0.4, 0.5) is 4.39 Å². The van der Waals surface area contributed by atoms with Gasteiger partial charge in [0.05, 0.1) is 12.7 Å². The van der Waals surface area contributed by atoms with Crippen LogP contribution < -0.4 is 5.32 Å². The zero-order chi connectivity index (χ0) is 19.1. The van der Waals surface area contributed by atoms with Crippen molar-refractivity contribution >= 4 is 11.9 Å². The molecule has 1 heterocycles. The molecule has 0 aliphatic heterocycles. The molecule has 0 aliphatic rings. The summed E-state index contributed by atoms with van der Waals surface area (Å²) in [6, 6.07) is 8.03. The van der Waals surface area contributed by atoms with Gasteiger partial charge in [-0.1, -0.05) is 6.42 Å². The molecule has 1 amide bonds. The van der Waals surface area contributed by atoms with Crippen molar-refractivity contribution in [2.24, 2.45) is 0 Å². The molecule has 0 radical (unpaired) electrons. The second-order valence-electron chi connectivity index (χ2n) is 6.24. The van der Waals surface area contributed by atoms with Gasteiger partial charge in [0, 0.05) is 30.0 Å². The summed E-state index contributed by atoms with van der Waals surface area (Å²) in [7, 11) is 1.38. The van der Waals surface area contributed by atoms with E-state index in [-0.39, 0.29) is 17.7 Å². The van der Waals surface area contributed by atoms with Gasteiger partial charge in [-0.25, -0.2) is 4.39 Å². The van der Waals surface area contributed by atoms with Crippen LogP contribution in [0, 0.1) is 19.7 Å². The molecule has 0 bridgehead atoms. The average molecular weight is 360 g/mol. The van der Waals surface area contributed by atoms with Crippen molar-refractivity contribution in [3.63, 3.8) is 0 Å². The van der Waals surface area contributed by atoms with E-state index >= 15 is 0 Å². The maximum atomic E-state index is 13.1. The van der Waals surface area contributed by atoms with Crippen LogP contribution in [0.3, 0.4) is 0 Å². The van der Waals surface area contributed by atoms with Crippen molar-refractivity contribution in [3.05, 3.63) is 53.1 Å². The van der Waals surface area contributed by atoms with Gasteiger partial charge < -0.3 is 14.6 Å². The van der Waals surface area contributed by atoms with E-state index in [9.17, 15) is 14.0 Å². The molecule has 0 saturated carbocycles. The smallest absolute Gasteiger partial charge is 0.305 e. The number of benzene rings is 1. The van der Waals surface area contributed by atoms with Crippen LogP contribution >= 0.6 is 0 Å². The van der Waals surface area contributed by atoms with Gasteiger partial charge in [-0.05, 0) is 57.0 Å². The maximum absolute atomic E-state index is 13.1. The Morgan fingerprint density at radius 1 is 1.12 bits per heavy atom. The number of aryl methyl sites for hydroxylation is 1. The molecule has 2 rings (SSSR count). The number of unbranched alkanes of at least 4 members (excludes halogenated alkanes) is 2. The van der Waals surface area contributed by atoms with E-state index in [1.54, 1.807) is 12.1 Å². The number of methoxy groups -OCH3 is 1. The zero-order valence-electron chi connectivity index (χ0n) is 15.5. The van der Waals surface area contributed by atoms with E-state index in [1.165, 1.54) is 19.2 Å². The molecule has 5 nitrogen and oxygen atoms in total. The summed E-state index contributed by atoms with van der Waals surface area (Å²) >= 11 is 0. The van der Waals surface area contributed by atoms with Crippen LogP contribution in [0.1, 0.15) is 47.4 Å². The van der Waals surface area contributed by atoms with Gasteiger partial charge in [0.15, 0.2) is 0 Å². The number of nitrogens with zero attached hydrogens (tertiary/aromatic N) is 1. The van der Waals surface area contributed by atoms with Crippen molar-refractivity contribution in [2.45, 2.75) is 39.5 Å². The first-order valence-corrected chi connectivity index (χ1v) is 8.74. The van der Waals surface area contributed by atoms with Crippen LogP contribution in [0.15, 0.2) is 30.3 Å². The Morgan fingerprint density at radius 3 is 2.46 bits per heavy atom. The number of hydrogen-bond acceptors (Lipinski definition) is 3. The second-order valence-corrected chi connectivity index (χ2v) is 6.24. The molecule has 26 heavy (non-hydrogen) atoms. The monoisotopic (exact) mass is 360 g/mol.